The van der Waals surface area contributed by atoms with Gasteiger partial charge in [0.1, 0.15) is 17.5 Å². The maximum Gasteiger partial charge on any atom is 0.459 e. The van der Waals surface area contributed by atoms with Gasteiger partial charge in [-0.3, -0.25) is 0 Å². The third kappa shape index (κ3) is 2.79. The summed E-state index contributed by atoms with van der Waals surface area (Å²) in [5.74, 6) is -12.1. The quantitative estimate of drug-likeness (QED) is 0.755. The molecule has 0 saturated heterocycles. The summed E-state index contributed by atoms with van der Waals surface area (Å²) < 4.78 is 126. The highest BCUT2D eigenvalue weighted by molar-refractivity contribution is 5.35. The highest BCUT2D eigenvalue weighted by Gasteiger charge is 2.66. The fourth-order valence-electron chi connectivity index (χ4n) is 1.30. The highest BCUT2D eigenvalue weighted by Crippen LogP contribution is 2.51. The molecule has 0 radical (unpaired) electrons. The number of hydrogen-bond acceptors (Lipinski definition) is 2. The van der Waals surface area contributed by atoms with E-state index >= 15 is 0 Å². The van der Waals surface area contributed by atoms with E-state index in [0.717, 1.165) is 6.07 Å². The lowest BCUT2D eigenvalue weighted by Crippen LogP contribution is -2.41. The summed E-state index contributed by atoms with van der Waals surface area (Å²) in [4.78, 5) is 2.30. The lowest BCUT2D eigenvalue weighted by atomic mass is 10.0. The summed E-state index contributed by atoms with van der Waals surface area (Å²) in [6, 6.07) is 0.803. The first-order valence-electron chi connectivity index (χ1n) is 4.97. The van der Waals surface area contributed by atoms with Crippen LogP contribution in [0.3, 0.4) is 0 Å². The zero-order valence-electron chi connectivity index (χ0n) is 9.83. The van der Waals surface area contributed by atoms with Gasteiger partial charge in [-0.15, -0.1) is 0 Å². The van der Waals surface area contributed by atoms with Crippen LogP contribution in [0.5, 0.6) is 0 Å². The van der Waals surface area contributed by atoms with Crippen molar-refractivity contribution in [2.24, 2.45) is 0 Å². The SMILES string of the molecule is N#Cc1ccc(C(F)(F)C(F)(F)F)c(C(F)(F)C(F)(F)F)n1. The Morgan fingerprint density at radius 2 is 1.23 bits per heavy atom. The maximum atomic E-state index is 13.2. The minimum atomic E-state index is -6.48. The van der Waals surface area contributed by atoms with Crippen molar-refractivity contribution in [1.29, 1.82) is 5.26 Å². The Balaban J connectivity index is 3.74. The van der Waals surface area contributed by atoms with Crippen molar-refractivity contribution < 1.29 is 43.9 Å². The first-order chi connectivity index (χ1) is 9.66. The molecule has 0 spiro atoms. The van der Waals surface area contributed by atoms with Crippen LogP contribution in [-0.2, 0) is 11.8 Å². The van der Waals surface area contributed by atoms with Gasteiger partial charge in [0.25, 0.3) is 0 Å². The normalized spacial score (nSPS) is 13.9. The van der Waals surface area contributed by atoms with Crippen LogP contribution in [-0.4, -0.2) is 17.3 Å². The maximum absolute atomic E-state index is 13.2. The van der Waals surface area contributed by atoms with E-state index < -0.39 is 41.1 Å². The number of nitrogens with zero attached hydrogens (tertiary/aromatic N) is 2. The lowest BCUT2D eigenvalue weighted by Gasteiger charge is -2.26. The van der Waals surface area contributed by atoms with E-state index in [4.69, 9.17) is 5.26 Å². The molecule has 122 valence electrons. The predicted molar refractivity (Wildman–Crippen MR) is 48.8 cm³/mol. The molecule has 0 aliphatic carbocycles. The Labute approximate surface area is 115 Å². The summed E-state index contributed by atoms with van der Waals surface area (Å²) in [5.41, 5.74) is -6.73. The molecule has 22 heavy (non-hydrogen) atoms. The van der Waals surface area contributed by atoms with E-state index in [1.807, 2.05) is 0 Å². The van der Waals surface area contributed by atoms with Crippen LogP contribution in [0.2, 0.25) is 0 Å². The van der Waals surface area contributed by atoms with Crippen LogP contribution in [0.1, 0.15) is 17.0 Å². The molecule has 0 fully saturated rings. The van der Waals surface area contributed by atoms with Gasteiger partial charge in [-0.05, 0) is 12.1 Å². The fraction of sp³-hybridized carbons (Fsp3) is 0.400. The van der Waals surface area contributed by atoms with Crippen molar-refractivity contribution in [3.63, 3.8) is 0 Å². The Morgan fingerprint density at radius 3 is 1.59 bits per heavy atom. The highest BCUT2D eigenvalue weighted by atomic mass is 19.4. The van der Waals surface area contributed by atoms with Crippen molar-refractivity contribution in [1.82, 2.24) is 4.98 Å². The van der Waals surface area contributed by atoms with Gasteiger partial charge in [0, 0.05) is 0 Å². The molecule has 1 heterocycles. The topological polar surface area (TPSA) is 36.7 Å². The van der Waals surface area contributed by atoms with Gasteiger partial charge in [0.2, 0.25) is 0 Å². The molecule has 0 aromatic carbocycles. The molecule has 0 atom stereocenters. The summed E-state index contributed by atoms with van der Waals surface area (Å²) in [6.07, 6.45) is -12.9. The second-order valence-electron chi connectivity index (χ2n) is 3.85. The third-order valence-electron chi connectivity index (χ3n) is 2.36. The number of pyridine rings is 1. The average molecular weight is 340 g/mol. The van der Waals surface area contributed by atoms with E-state index in [9.17, 15) is 43.9 Å². The molecular weight excluding hydrogens is 338 g/mol. The van der Waals surface area contributed by atoms with Crippen LogP contribution in [0.4, 0.5) is 43.9 Å². The van der Waals surface area contributed by atoms with Gasteiger partial charge in [0.05, 0.1) is 5.56 Å². The molecule has 0 aliphatic rings. The average Bonchev–Trinajstić information content (AvgIpc) is 2.35. The van der Waals surface area contributed by atoms with Crippen molar-refractivity contribution in [3.8, 4) is 6.07 Å². The van der Waals surface area contributed by atoms with Crippen LogP contribution >= 0.6 is 0 Å². The molecule has 0 saturated carbocycles. The molecule has 0 unspecified atom stereocenters. The summed E-state index contributed by atoms with van der Waals surface area (Å²) in [6.45, 7) is 0. The standard InChI is InChI=1S/C10H2F10N2/c11-7(12,9(15,16)17)5-2-1-4(3-21)22-6(5)8(13,14)10(18,19)20/h1-2H. The number of alkyl halides is 10. The number of nitriles is 1. The Kier molecular flexibility index (Phi) is 4.08. The fourth-order valence-corrected chi connectivity index (χ4v) is 1.30. The van der Waals surface area contributed by atoms with Crippen molar-refractivity contribution in [2.45, 2.75) is 24.2 Å². The molecule has 0 amide bonds. The minimum Gasteiger partial charge on any atom is -0.235 e. The van der Waals surface area contributed by atoms with Gasteiger partial charge in [-0.2, -0.15) is 49.2 Å². The summed E-state index contributed by atoms with van der Waals surface area (Å²) in [7, 11) is 0. The van der Waals surface area contributed by atoms with E-state index in [1.165, 1.54) is 0 Å². The molecular formula is C10H2F10N2. The minimum absolute atomic E-state index is 0.172. The Bertz CT molecular complexity index is 608. The lowest BCUT2D eigenvalue weighted by molar-refractivity contribution is -0.303. The molecule has 12 heteroatoms. The summed E-state index contributed by atoms with van der Waals surface area (Å²) >= 11 is 0. The van der Waals surface area contributed by atoms with Crippen LogP contribution in [0.15, 0.2) is 12.1 Å². The van der Waals surface area contributed by atoms with Gasteiger partial charge in [-0.1, -0.05) is 0 Å². The molecule has 1 aromatic rings. The third-order valence-corrected chi connectivity index (χ3v) is 2.36. The largest absolute Gasteiger partial charge is 0.459 e. The first kappa shape index (κ1) is 18.0. The smallest absolute Gasteiger partial charge is 0.235 e. The monoisotopic (exact) mass is 340 g/mol. The van der Waals surface area contributed by atoms with Crippen LogP contribution in [0.25, 0.3) is 0 Å². The number of rotatable bonds is 2. The van der Waals surface area contributed by atoms with E-state index in [0.29, 0.717) is 0 Å². The van der Waals surface area contributed by atoms with E-state index in [1.54, 1.807) is 0 Å². The van der Waals surface area contributed by atoms with Crippen molar-refractivity contribution in [3.05, 3.63) is 29.1 Å². The zero-order valence-corrected chi connectivity index (χ0v) is 9.83. The first-order valence-corrected chi connectivity index (χ1v) is 4.97. The Morgan fingerprint density at radius 1 is 0.773 bits per heavy atom. The molecule has 1 aromatic heterocycles. The van der Waals surface area contributed by atoms with Gasteiger partial charge < -0.3 is 0 Å². The molecule has 2 nitrogen and oxygen atoms in total. The predicted octanol–water partition coefficient (Wildman–Crippen LogP) is 4.26. The Hall–Kier alpha value is -2.06. The van der Waals surface area contributed by atoms with Crippen LogP contribution in [0, 0.1) is 11.3 Å². The van der Waals surface area contributed by atoms with Crippen molar-refractivity contribution >= 4 is 0 Å². The van der Waals surface area contributed by atoms with E-state index in [2.05, 4.69) is 4.98 Å². The molecule has 0 N–H and O–H groups in total. The van der Waals surface area contributed by atoms with Gasteiger partial charge in [-0.25, -0.2) is 4.98 Å². The molecule has 0 aliphatic heterocycles. The van der Waals surface area contributed by atoms with Crippen LogP contribution < -0.4 is 0 Å². The molecule has 1 rings (SSSR count). The zero-order chi connectivity index (χ0) is 17.6. The summed E-state index contributed by atoms with van der Waals surface area (Å²) in [5, 5.41) is 8.34. The second-order valence-corrected chi connectivity index (χ2v) is 3.85. The molecule has 0 bridgehead atoms. The van der Waals surface area contributed by atoms with Gasteiger partial charge in [0.15, 0.2) is 0 Å². The van der Waals surface area contributed by atoms with Crippen molar-refractivity contribution in [2.75, 3.05) is 0 Å². The number of aromatic nitrogens is 1. The number of halogens is 10. The van der Waals surface area contributed by atoms with E-state index in [-0.39, 0.29) is 12.1 Å². The van der Waals surface area contributed by atoms with Gasteiger partial charge >= 0.3 is 24.2 Å². The second kappa shape index (κ2) is 4.99. The number of hydrogen-bond donors (Lipinski definition) is 0.